The predicted octanol–water partition coefficient (Wildman–Crippen LogP) is 5.42. The van der Waals surface area contributed by atoms with Crippen LogP contribution >= 0.6 is 0 Å². The number of nitrogens with two attached hydrogens (primary N) is 1. The zero-order valence-corrected chi connectivity index (χ0v) is 16.6. The Kier molecular flexibility index (Phi) is 5.24. The summed E-state index contributed by atoms with van der Waals surface area (Å²) in [4.78, 5) is 15.4. The van der Waals surface area contributed by atoms with Crippen molar-refractivity contribution in [3.8, 4) is 11.1 Å². The van der Waals surface area contributed by atoms with Crippen molar-refractivity contribution in [2.45, 2.75) is 20.0 Å². The van der Waals surface area contributed by atoms with E-state index in [1.54, 1.807) is 10.6 Å². The molecule has 0 saturated carbocycles. The number of benzene rings is 3. The van der Waals surface area contributed by atoms with Crippen LogP contribution in [0.3, 0.4) is 0 Å². The van der Waals surface area contributed by atoms with Gasteiger partial charge in [-0.25, -0.2) is 0 Å². The van der Waals surface area contributed by atoms with E-state index in [0.717, 1.165) is 38.7 Å². The van der Waals surface area contributed by atoms with Gasteiger partial charge in [-0.1, -0.05) is 59.7 Å². The van der Waals surface area contributed by atoms with Gasteiger partial charge in [0, 0.05) is 22.1 Å². The first kappa shape index (κ1) is 19.3. The first-order valence-corrected chi connectivity index (χ1v) is 9.64. The van der Waals surface area contributed by atoms with Crippen LogP contribution in [0, 0.1) is 6.92 Å². The number of hydrogen-bond acceptors (Lipinski definition) is 3. The van der Waals surface area contributed by atoms with Crippen LogP contribution in [0.1, 0.15) is 16.7 Å². The fourth-order valence-corrected chi connectivity index (χ4v) is 3.63. The summed E-state index contributed by atoms with van der Waals surface area (Å²) < 4.78 is 1.76. The SMILES string of the molecule is Cc1cc(=O)n(Cc2ccc(-c3ccc(CN=[N+]=[N-])cc3)cc2)c2cc(N)ccc12. The van der Waals surface area contributed by atoms with E-state index in [9.17, 15) is 4.79 Å². The third kappa shape index (κ3) is 3.90. The Bertz CT molecular complexity index is 1320. The van der Waals surface area contributed by atoms with Crippen LogP contribution in [0.15, 0.2) is 82.7 Å². The molecular weight excluding hydrogens is 374 g/mol. The van der Waals surface area contributed by atoms with Crippen molar-refractivity contribution in [3.05, 3.63) is 110 Å². The molecule has 0 atom stereocenters. The van der Waals surface area contributed by atoms with Crippen LogP contribution in [0.2, 0.25) is 0 Å². The molecule has 0 spiro atoms. The van der Waals surface area contributed by atoms with Crippen molar-refractivity contribution in [3.63, 3.8) is 0 Å². The molecule has 4 rings (SSSR count). The van der Waals surface area contributed by atoms with Crippen molar-refractivity contribution >= 4 is 16.6 Å². The standard InChI is InChI=1S/C24H21N5O/c1-16-12-24(30)29(23-13-21(25)10-11-22(16)23)15-18-4-8-20(9-5-18)19-6-2-17(3-7-19)14-27-28-26/h2-13H,14-15,25H2,1H3. The molecule has 0 saturated heterocycles. The van der Waals surface area contributed by atoms with Gasteiger partial charge < -0.3 is 10.3 Å². The third-order valence-corrected chi connectivity index (χ3v) is 5.24. The second-order valence-corrected chi connectivity index (χ2v) is 7.31. The predicted molar refractivity (Wildman–Crippen MR) is 121 cm³/mol. The van der Waals surface area contributed by atoms with Gasteiger partial charge in [0.25, 0.3) is 5.56 Å². The molecule has 3 aromatic carbocycles. The van der Waals surface area contributed by atoms with Crippen molar-refractivity contribution < 1.29 is 0 Å². The van der Waals surface area contributed by atoms with E-state index in [1.165, 1.54) is 0 Å². The van der Waals surface area contributed by atoms with Crippen LogP contribution < -0.4 is 11.3 Å². The van der Waals surface area contributed by atoms with Crippen LogP contribution in [0.5, 0.6) is 0 Å². The maximum absolute atomic E-state index is 12.7. The average molecular weight is 395 g/mol. The number of azide groups is 1. The molecule has 2 N–H and O–H groups in total. The number of aromatic nitrogens is 1. The van der Waals surface area contributed by atoms with E-state index in [-0.39, 0.29) is 5.56 Å². The van der Waals surface area contributed by atoms with E-state index < -0.39 is 0 Å². The first-order valence-electron chi connectivity index (χ1n) is 9.64. The fraction of sp³-hybridized carbons (Fsp3) is 0.125. The van der Waals surface area contributed by atoms with E-state index in [4.69, 9.17) is 11.3 Å². The lowest BCUT2D eigenvalue weighted by Gasteiger charge is -2.13. The highest BCUT2D eigenvalue weighted by atomic mass is 16.1. The number of fused-ring (bicyclic) bond motifs is 1. The molecule has 6 nitrogen and oxygen atoms in total. The van der Waals surface area contributed by atoms with Gasteiger partial charge in [-0.2, -0.15) is 0 Å². The molecule has 1 aromatic heterocycles. The van der Waals surface area contributed by atoms with E-state index in [0.29, 0.717) is 18.8 Å². The summed E-state index contributed by atoms with van der Waals surface area (Å²) in [5.74, 6) is 0. The zero-order valence-electron chi connectivity index (χ0n) is 16.6. The normalized spacial score (nSPS) is 10.7. The molecule has 1 heterocycles. The van der Waals surface area contributed by atoms with E-state index in [2.05, 4.69) is 10.0 Å². The summed E-state index contributed by atoms with van der Waals surface area (Å²) in [6.07, 6.45) is 0. The highest BCUT2D eigenvalue weighted by Gasteiger charge is 2.08. The Balaban J connectivity index is 1.62. The first-order chi connectivity index (χ1) is 14.5. The Labute approximate surface area is 173 Å². The minimum atomic E-state index is -0.0368. The number of nitrogens with zero attached hydrogens (tertiary/aromatic N) is 4. The summed E-state index contributed by atoms with van der Waals surface area (Å²) >= 11 is 0. The molecule has 6 heteroatoms. The Morgan fingerprint density at radius 1 is 0.933 bits per heavy atom. The number of rotatable bonds is 5. The summed E-state index contributed by atoms with van der Waals surface area (Å²) in [7, 11) is 0. The maximum atomic E-state index is 12.7. The van der Waals surface area contributed by atoms with Gasteiger partial charge >= 0.3 is 0 Å². The fourth-order valence-electron chi connectivity index (χ4n) is 3.63. The lowest BCUT2D eigenvalue weighted by molar-refractivity contribution is 0.793. The summed E-state index contributed by atoms with van der Waals surface area (Å²) in [5.41, 5.74) is 21.0. The van der Waals surface area contributed by atoms with Gasteiger partial charge in [-0.05, 0) is 52.4 Å². The van der Waals surface area contributed by atoms with Crippen molar-refractivity contribution in [2.75, 3.05) is 5.73 Å². The van der Waals surface area contributed by atoms with Crippen LogP contribution in [0.25, 0.3) is 32.5 Å². The largest absolute Gasteiger partial charge is 0.399 e. The molecule has 148 valence electrons. The van der Waals surface area contributed by atoms with Gasteiger partial charge in [-0.3, -0.25) is 4.79 Å². The number of nitrogen functional groups attached to an aromatic ring is 1. The lowest BCUT2D eigenvalue weighted by Crippen LogP contribution is -2.21. The quantitative estimate of drug-likeness (QED) is 0.211. The second-order valence-electron chi connectivity index (χ2n) is 7.31. The number of aryl methyl sites for hydroxylation is 1. The van der Waals surface area contributed by atoms with Crippen LogP contribution in [-0.2, 0) is 13.1 Å². The van der Waals surface area contributed by atoms with Crippen molar-refractivity contribution in [1.29, 1.82) is 0 Å². The van der Waals surface area contributed by atoms with E-state index in [1.807, 2.05) is 73.7 Å². The molecule has 30 heavy (non-hydrogen) atoms. The molecule has 0 unspecified atom stereocenters. The topological polar surface area (TPSA) is 96.8 Å². The van der Waals surface area contributed by atoms with Crippen molar-refractivity contribution in [1.82, 2.24) is 4.57 Å². The summed E-state index contributed by atoms with van der Waals surface area (Å²) in [5, 5.41) is 4.61. The highest BCUT2D eigenvalue weighted by Crippen LogP contribution is 2.23. The van der Waals surface area contributed by atoms with E-state index >= 15 is 0 Å². The molecule has 0 aliphatic heterocycles. The maximum Gasteiger partial charge on any atom is 0.251 e. The van der Waals surface area contributed by atoms with Gasteiger partial charge in [0.2, 0.25) is 0 Å². The summed E-state index contributed by atoms with van der Waals surface area (Å²) in [6.45, 7) is 2.76. The number of anilines is 1. The number of hydrogen-bond donors (Lipinski definition) is 1. The van der Waals surface area contributed by atoms with Crippen LogP contribution in [-0.4, -0.2) is 4.57 Å². The molecule has 0 fully saturated rings. The monoisotopic (exact) mass is 395 g/mol. The van der Waals surface area contributed by atoms with Gasteiger partial charge in [0.15, 0.2) is 0 Å². The second kappa shape index (κ2) is 8.15. The lowest BCUT2D eigenvalue weighted by atomic mass is 10.0. The molecule has 0 aliphatic rings. The molecular formula is C24H21N5O. The summed E-state index contributed by atoms with van der Waals surface area (Å²) in [6, 6.07) is 23.5. The molecule has 0 aliphatic carbocycles. The van der Waals surface area contributed by atoms with Gasteiger partial charge in [-0.15, -0.1) is 0 Å². The Morgan fingerprint density at radius 2 is 1.57 bits per heavy atom. The zero-order chi connectivity index (χ0) is 21.1. The minimum Gasteiger partial charge on any atom is -0.399 e. The average Bonchev–Trinajstić information content (AvgIpc) is 2.76. The Hall–Kier alpha value is -4.02. The molecule has 4 aromatic rings. The smallest absolute Gasteiger partial charge is 0.251 e. The number of pyridine rings is 1. The Morgan fingerprint density at radius 3 is 2.20 bits per heavy atom. The van der Waals surface area contributed by atoms with Gasteiger partial charge in [0.1, 0.15) is 0 Å². The molecule has 0 radical (unpaired) electrons. The molecule has 0 bridgehead atoms. The van der Waals surface area contributed by atoms with Crippen LogP contribution in [0.4, 0.5) is 5.69 Å². The highest BCUT2D eigenvalue weighted by molar-refractivity contribution is 5.85. The van der Waals surface area contributed by atoms with Gasteiger partial charge in [0.05, 0.1) is 18.6 Å². The molecule has 0 amide bonds. The minimum absolute atomic E-state index is 0.0368. The third-order valence-electron chi connectivity index (χ3n) is 5.24. The van der Waals surface area contributed by atoms with Crippen molar-refractivity contribution in [2.24, 2.45) is 5.11 Å².